The summed E-state index contributed by atoms with van der Waals surface area (Å²) in [7, 11) is 1.67. The lowest BCUT2D eigenvalue weighted by atomic mass is 10.1. The summed E-state index contributed by atoms with van der Waals surface area (Å²) in [6.07, 6.45) is -4.41. The number of benzene rings is 2. The van der Waals surface area contributed by atoms with Gasteiger partial charge in [-0.3, -0.25) is 9.59 Å². The molecule has 2 aromatic carbocycles. The first-order valence-corrected chi connectivity index (χ1v) is 10.1. The van der Waals surface area contributed by atoms with Crippen LogP contribution in [0.3, 0.4) is 0 Å². The molecule has 0 atom stereocenters. The van der Waals surface area contributed by atoms with E-state index >= 15 is 0 Å². The van der Waals surface area contributed by atoms with Crippen LogP contribution >= 0.6 is 11.3 Å². The first-order chi connectivity index (χ1) is 14.6. The molecule has 9 heteroatoms. The van der Waals surface area contributed by atoms with Gasteiger partial charge in [0.05, 0.1) is 11.3 Å². The van der Waals surface area contributed by atoms with Crippen molar-refractivity contribution in [3.05, 3.63) is 70.2 Å². The van der Waals surface area contributed by atoms with Crippen LogP contribution in [0.25, 0.3) is 10.6 Å². The predicted molar refractivity (Wildman–Crippen MR) is 114 cm³/mol. The fourth-order valence-corrected chi connectivity index (χ4v) is 3.83. The molecule has 0 aliphatic carbocycles. The van der Waals surface area contributed by atoms with E-state index in [0.717, 1.165) is 29.0 Å². The Kier molecular flexibility index (Phi) is 6.45. The second-order valence-electron chi connectivity index (χ2n) is 7.00. The molecule has 3 rings (SSSR count). The normalized spacial score (nSPS) is 11.3. The average molecular weight is 447 g/mol. The van der Waals surface area contributed by atoms with Gasteiger partial charge in [-0.1, -0.05) is 30.3 Å². The first kappa shape index (κ1) is 22.5. The molecule has 0 bridgehead atoms. The molecule has 31 heavy (non-hydrogen) atoms. The van der Waals surface area contributed by atoms with Crippen LogP contribution in [0, 0.1) is 6.92 Å². The van der Waals surface area contributed by atoms with Crippen molar-refractivity contribution in [3.8, 4) is 10.6 Å². The largest absolute Gasteiger partial charge is 0.416 e. The Hall–Kier alpha value is -3.20. The van der Waals surface area contributed by atoms with Crippen molar-refractivity contribution < 1.29 is 22.8 Å². The highest BCUT2D eigenvalue weighted by Gasteiger charge is 2.30. The zero-order valence-electron chi connectivity index (χ0n) is 17.1. The van der Waals surface area contributed by atoms with Gasteiger partial charge in [0.1, 0.15) is 9.88 Å². The number of amides is 2. The van der Waals surface area contributed by atoms with Gasteiger partial charge in [0.15, 0.2) is 0 Å². The third-order valence-electron chi connectivity index (χ3n) is 4.67. The number of thiazole rings is 1. The number of anilines is 1. The second-order valence-corrected chi connectivity index (χ2v) is 7.99. The van der Waals surface area contributed by atoms with Gasteiger partial charge in [0, 0.05) is 31.8 Å². The Balaban J connectivity index is 1.82. The molecule has 1 heterocycles. The minimum Gasteiger partial charge on any atom is -0.342 e. The topological polar surface area (TPSA) is 62.3 Å². The minimum absolute atomic E-state index is 0.0967. The maximum absolute atomic E-state index is 12.9. The van der Waals surface area contributed by atoms with E-state index in [1.807, 2.05) is 12.1 Å². The number of nitrogens with one attached hydrogen (secondary N) is 1. The Labute approximate surface area is 181 Å². The zero-order chi connectivity index (χ0) is 22.8. The summed E-state index contributed by atoms with van der Waals surface area (Å²) in [6, 6.07) is 11.8. The molecule has 0 radical (unpaired) electrons. The number of aryl methyl sites for hydroxylation is 1. The smallest absolute Gasteiger partial charge is 0.342 e. The molecule has 162 valence electrons. The maximum Gasteiger partial charge on any atom is 0.416 e. The Morgan fingerprint density at radius 2 is 1.74 bits per heavy atom. The number of alkyl halides is 3. The number of carbonyl (C=O) groups excluding carboxylic acids is 2. The van der Waals surface area contributed by atoms with Crippen LogP contribution in [-0.4, -0.2) is 28.7 Å². The monoisotopic (exact) mass is 447 g/mol. The molecule has 0 aliphatic rings. The highest BCUT2D eigenvalue weighted by Crippen LogP contribution is 2.33. The number of aromatic nitrogens is 1. The number of hydrogen-bond donors (Lipinski definition) is 1. The first-order valence-electron chi connectivity index (χ1n) is 9.32. The molecule has 0 unspecified atom stereocenters. The SMILES string of the molecule is CC(=O)N(C)Cc1ccccc1NC(=O)c1sc(-c2ccc(C(F)(F)F)cc2)nc1C. The van der Waals surface area contributed by atoms with Crippen LogP contribution < -0.4 is 5.32 Å². The number of hydrogen-bond acceptors (Lipinski definition) is 4. The highest BCUT2D eigenvalue weighted by molar-refractivity contribution is 7.17. The zero-order valence-corrected chi connectivity index (χ0v) is 17.9. The van der Waals surface area contributed by atoms with Crippen LogP contribution in [0.4, 0.5) is 18.9 Å². The van der Waals surface area contributed by atoms with Gasteiger partial charge in [-0.2, -0.15) is 13.2 Å². The van der Waals surface area contributed by atoms with Gasteiger partial charge >= 0.3 is 6.18 Å². The number of nitrogens with zero attached hydrogens (tertiary/aromatic N) is 2. The highest BCUT2D eigenvalue weighted by atomic mass is 32.1. The predicted octanol–water partition coefficient (Wildman–Crippen LogP) is 5.37. The van der Waals surface area contributed by atoms with E-state index in [0.29, 0.717) is 33.4 Å². The van der Waals surface area contributed by atoms with Crippen LogP contribution in [0.2, 0.25) is 0 Å². The van der Waals surface area contributed by atoms with Gasteiger partial charge in [0.25, 0.3) is 5.91 Å². The standard InChI is InChI=1S/C22H20F3N3O2S/c1-13-19(31-21(26-13)15-8-10-17(11-9-15)22(23,24)25)20(30)27-18-7-5-4-6-16(18)12-28(3)14(2)29/h4-11H,12H2,1-3H3,(H,27,30). The number of para-hydroxylation sites is 1. The van der Waals surface area contributed by atoms with Crippen molar-refractivity contribution in [2.75, 3.05) is 12.4 Å². The number of carbonyl (C=O) groups is 2. The minimum atomic E-state index is -4.41. The van der Waals surface area contributed by atoms with Crippen LogP contribution in [0.15, 0.2) is 48.5 Å². The van der Waals surface area contributed by atoms with Gasteiger partial charge < -0.3 is 10.2 Å². The molecule has 2 amide bonds. The molecule has 0 fully saturated rings. The lowest BCUT2D eigenvalue weighted by Crippen LogP contribution is -2.24. The molecule has 1 N–H and O–H groups in total. The van der Waals surface area contributed by atoms with Crippen molar-refractivity contribution in [1.82, 2.24) is 9.88 Å². The van der Waals surface area contributed by atoms with Gasteiger partial charge in [0.2, 0.25) is 5.91 Å². The average Bonchev–Trinajstić information content (AvgIpc) is 3.10. The van der Waals surface area contributed by atoms with E-state index in [1.165, 1.54) is 24.0 Å². The molecule has 0 saturated heterocycles. The quantitative estimate of drug-likeness (QED) is 0.572. The van der Waals surface area contributed by atoms with E-state index in [2.05, 4.69) is 10.3 Å². The lowest BCUT2D eigenvalue weighted by molar-refractivity contribution is -0.137. The fourth-order valence-electron chi connectivity index (χ4n) is 2.86. The molecular weight excluding hydrogens is 427 g/mol. The van der Waals surface area contributed by atoms with Gasteiger partial charge in [-0.05, 0) is 30.7 Å². The van der Waals surface area contributed by atoms with E-state index in [-0.39, 0.29) is 11.8 Å². The van der Waals surface area contributed by atoms with E-state index < -0.39 is 11.7 Å². The summed E-state index contributed by atoms with van der Waals surface area (Å²) < 4.78 is 38.3. The number of halogens is 3. The number of rotatable bonds is 5. The van der Waals surface area contributed by atoms with Crippen LogP contribution in [0.1, 0.15) is 33.4 Å². The third-order valence-corrected chi connectivity index (χ3v) is 5.88. The van der Waals surface area contributed by atoms with Crippen LogP contribution in [-0.2, 0) is 17.5 Å². The van der Waals surface area contributed by atoms with E-state index in [9.17, 15) is 22.8 Å². The van der Waals surface area contributed by atoms with Crippen molar-refractivity contribution in [3.63, 3.8) is 0 Å². The van der Waals surface area contributed by atoms with Crippen molar-refractivity contribution in [1.29, 1.82) is 0 Å². The van der Waals surface area contributed by atoms with Crippen molar-refractivity contribution >= 4 is 28.8 Å². The molecule has 1 aromatic heterocycles. The summed E-state index contributed by atoms with van der Waals surface area (Å²) in [5.74, 6) is -0.466. The lowest BCUT2D eigenvalue weighted by Gasteiger charge is -2.17. The summed E-state index contributed by atoms with van der Waals surface area (Å²) in [5.41, 5.74) is 1.59. The van der Waals surface area contributed by atoms with Gasteiger partial charge in [-0.25, -0.2) is 4.98 Å². The fraction of sp³-hybridized carbons (Fsp3) is 0.227. The van der Waals surface area contributed by atoms with Crippen LogP contribution in [0.5, 0.6) is 0 Å². The summed E-state index contributed by atoms with van der Waals surface area (Å²) in [6.45, 7) is 3.48. The summed E-state index contributed by atoms with van der Waals surface area (Å²) in [4.78, 5) is 30.6. The second kappa shape index (κ2) is 8.89. The summed E-state index contributed by atoms with van der Waals surface area (Å²) in [5, 5.41) is 3.31. The van der Waals surface area contributed by atoms with Crippen molar-refractivity contribution in [2.24, 2.45) is 0 Å². The third kappa shape index (κ3) is 5.29. The van der Waals surface area contributed by atoms with Crippen molar-refractivity contribution in [2.45, 2.75) is 26.6 Å². The molecule has 0 spiro atoms. The van der Waals surface area contributed by atoms with Gasteiger partial charge in [-0.15, -0.1) is 11.3 Å². The molecule has 0 saturated carbocycles. The van der Waals surface area contributed by atoms with E-state index in [4.69, 9.17) is 0 Å². The molecule has 3 aromatic rings. The molecule has 0 aliphatic heterocycles. The Bertz CT molecular complexity index is 1110. The van der Waals surface area contributed by atoms with E-state index in [1.54, 1.807) is 26.1 Å². The summed E-state index contributed by atoms with van der Waals surface area (Å²) >= 11 is 1.11. The molecular formula is C22H20F3N3O2S. The Morgan fingerprint density at radius 1 is 1.10 bits per heavy atom. The molecule has 5 nitrogen and oxygen atoms in total. The maximum atomic E-state index is 12.9. The Morgan fingerprint density at radius 3 is 2.35 bits per heavy atom.